The van der Waals surface area contributed by atoms with Crippen molar-refractivity contribution in [2.75, 3.05) is 19.6 Å². The first-order chi connectivity index (χ1) is 5.29. The average molecular weight is 153 g/mol. The molecule has 1 heteroatoms. The summed E-state index contributed by atoms with van der Waals surface area (Å²) in [5.41, 5.74) is 0. The van der Waals surface area contributed by atoms with Gasteiger partial charge in [-0.15, -0.1) is 0 Å². The Kier molecular flexibility index (Phi) is 3.64. The van der Waals surface area contributed by atoms with Crippen LogP contribution >= 0.6 is 0 Å². The molecule has 1 aliphatic heterocycles. The summed E-state index contributed by atoms with van der Waals surface area (Å²) in [5.74, 6) is 0.848. The molecule has 64 valence electrons. The summed E-state index contributed by atoms with van der Waals surface area (Å²) in [5, 5.41) is 0. The summed E-state index contributed by atoms with van der Waals surface area (Å²) in [7, 11) is 0. The number of hydrogen-bond acceptors (Lipinski definition) is 1. The predicted molar refractivity (Wildman–Crippen MR) is 49.7 cm³/mol. The molecule has 1 aliphatic rings. The lowest BCUT2D eigenvalue weighted by molar-refractivity contribution is 0.279. The smallest absolute Gasteiger partial charge is 0.0163 e. The largest absolute Gasteiger partial charge is 0.299 e. The topological polar surface area (TPSA) is 3.24 Å². The van der Waals surface area contributed by atoms with E-state index in [4.69, 9.17) is 0 Å². The van der Waals surface area contributed by atoms with Crippen LogP contribution in [0.25, 0.3) is 0 Å². The third-order valence-corrected chi connectivity index (χ3v) is 2.16. The van der Waals surface area contributed by atoms with Gasteiger partial charge in [0.15, 0.2) is 0 Å². The molecule has 0 saturated carbocycles. The predicted octanol–water partition coefficient (Wildman–Crippen LogP) is 2.29. The van der Waals surface area contributed by atoms with Crippen LogP contribution in [0.15, 0.2) is 12.2 Å². The zero-order valence-electron chi connectivity index (χ0n) is 7.71. The molecule has 0 fully saturated rings. The van der Waals surface area contributed by atoms with Crippen LogP contribution in [0.1, 0.15) is 26.7 Å². The summed E-state index contributed by atoms with van der Waals surface area (Å²) < 4.78 is 0. The molecule has 0 atom stereocenters. The molecule has 0 spiro atoms. The summed E-state index contributed by atoms with van der Waals surface area (Å²) in [6.45, 7) is 8.30. The van der Waals surface area contributed by atoms with Gasteiger partial charge < -0.3 is 0 Å². The molecular formula is C10H19N. The van der Waals surface area contributed by atoms with Crippen LogP contribution < -0.4 is 0 Å². The molecule has 0 aromatic heterocycles. The van der Waals surface area contributed by atoms with E-state index in [1.807, 2.05) is 0 Å². The van der Waals surface area contributed by atoms with Gasteiger partial charge in [-0.3, -0.25) is 4.90 Å². The SMILES string of the molecule is CC(C)CCN1CC=CCC1. The highest BCUT2D eigenvalue weighted by Crippen LogP contribution is 2.05. The Labute approximate surface area is 70.1 Å². The Bertz CT molecular complexity index is 127. The van der Waals surface area contributed by atoms with Crippen molar-refractivity contribution in [1.82, 2.24) is 4.90 Å². The Morgan fingerprint density at radius 3 is 2.73 bits per heavy atom. The number of hydrogen-bond donors (Lipinski definition) is 0. The minimum Gasteiger partial charge on any atom is -0.299 e. The van der Waals surface area contributed by atoms with E-state index in [-0.39, 0.29) is 0 Å². The van der Waals surface area contributed by atoms with Crippen LogP contribution in [0.4, 0.5) is 0 Å². The standard InChI is InChI=1S/C10H19N/c1-10(2)6-9-11-7-4-3-5-8-11/h3-4,10H,5-9H2,1-2H3. The van der Waals surface area contributed by atoms with E-state index in [1.54, 1.807) is 0 Å². The molecule has 0 saturated heterocycles. The maximum absolute atomic E-state index is 2.53. The molecule has 0 N–H and O–H groups in total. The average Bonchev–Trinajstić information content (AvgIpc) is 2.03. The summed E-state index contributed by atoms with van der Waals surface area (Å²) in [6, 6.07) is 0. The fourth-order valence-electron chi connectivity index (χ4n) is 1.33. The molecule has 1 nitrogen and oxygen atoms in total. The molecule has 0 aromatic carbocycles. The second-order valence-corrected chi connectivity index (χ2v) is 3.74. The third kappa shape index (κ3) is 3.57. The van der Waals surface area contributed by atoms with Gasteiger partial charge in [0.25, 0.3) is 0 Å². The molecular weight excluding hydrogens is 134 g/mol. The molecule has 1 rings (SSSR count). The van der Waals surface area contributed by atoms with E-state index in [0.29, 0.717) is 0 Å². The van der Waals surface area contributed by atoms with Crippen LogP contribution in [0.3, 0.4) is 0 Å². The van der Waals surface area contributed by atoms with Crippen molar-refractivity contribution < 1.29 is 0 Å². The maximum atomic E-state index is 2.53. The van der Waals surface area contributed by atoms with Crippen LogP contribution in [0, 0.1) is 5.92 Å². The first kappa shape index (κ1) is 8.79. The van der Waals surface area contributed by atoms with Gasteiger partial charge in [0.05, 0.1) is 0 Å². The van der Waals surface area contributed by atoms with Crippen molar-refractivity contribution in [1.29, 1.82) is 0 Å². The summed E-state index contributed by atoms with van der Waals surface area (Å²) in [6.07, 6.45) is 7.15. The number of rotatable bonds is 3. The van der Waals surface area contributed by atoms with Gasteiger partial charge >= 0.3 is 0 Å². The molecule has 0 unspecified atom stereocenters. The van der Waals surface area contributed by atoms with Gasteiger partial charge in [-0.2, -0.15) is 0 Å². The van der Waals surface area contributed by atoms with Crippen molar-refractivity contribution >= 4 is 0 Å². The molecule has 0 amide bonds. The van der Waals surface area contributed by atoms with Crippen molar-refractivity contribution in [3.63, 3.8) is 0 Å². The van der Waals surface area contributed by atoms with E-state index in [2.05, 4.69) is 30.9 Å². The van der Waals surface area contributed by atoms with Gasteiger partial charge in [-0.1, -0.05) is 26.0 Å². The monoisotopic (exact) mass is 153 g/mol. The molecule has 0 bridgehead atoms. The molecule has 1 heterocycles. The van der Waals surface area contributed by atoms with Crippen LogP contribution in [-0.4, -0.2) is 24.5 Å². The van der Waals surface area contributed by atoms with Crippen LogP contribution in [0.2, 0.25) is 0 Å². The highest BCUT2D eigenvalue weighted by Gasteiger charge is 2.05. The lowest BCUT2D eigenvalue weighted by Gasteiger charge is -2.23. The van der Waals surface area contributed by atoms with E-state index >= 15 is 0 Å². The fraction of sp³-hybridized carbons (Fsp3) is 0.800. The minimum atomic E-state index is 0.848. The highest BCUT2D eigenvalue weighted by molar-refractivity contribution is 4.90. The van der Waals surface area contributed by atoms with Crippen molar-refractivity contribution in [2.45, 2.75) is 26.7 Å². The number of nitrogens with zero attached hydrogens (tertiary/aromatic N) is 1. The van der Waals surface area contributed by atoms with Gasteiger partial charge in [-0.25, -0.2) is 0 Å². The van der Waals surface area contributed by atoms with Crippen molar-refractivity contribution in [3.8, 4) is 0 Å². The summed E-state index contributed by atoms with van der Waals surface area (Å²) in [4.78, 5) is 2.53. The Balaban J connectivity index is 2.11. The third-order valence-electron chi connectivity index (χ3n) is 2.16. The maximum Gasteiger partial charge on any atom is 0.0163 e. The summed E-state index contributed by atoms with van der Waals surface area (Å²) >= 11 is 0. The van der Waals surface area contributed by atoms with Crippen LogP contribution in [-0.2, 0) is 0 Å². The van der Waals surface area contributed by atoms with E-state index in [1.165, 1.54) is 32.5 Å². The molecule has 0 aliphatic carbocycles. The van der Waals surface area contributed by atoms with Crippen LogP contribution in [0.5, 0.6) is 0 Å². The van der Waals surface area contributed by atoms with Gasteiger partial charge in [0, 0.05) is 13.1 Å². The zero-order valence-corrected chi connectivity index (χ0v) is 7.71. The van der Waals surface area contributed by atoms with E-state index in [9.17, 15) is 0 Å². The normalized spacial score (nSPS) is 19.5. The molecule has 0 aromatic rings. The minimum absolute atomic E-state index is 0.848. The first-order valence-corrected chi connectivity index (χ1v) is 4.66. The fourth-order valence-corrected chi connectivity index (χ4v) is 1.33. The zero-order chi connectivity index (χ0) is 8.10. The van der Waals surface area contributed by atoms with E-state index in [0.717, 1.165) is 5.92 Å². The Hall–Kier alpha value is -0.300. The van der Waals surface area contributed by atoms with Crippen molar-refractivity contribution in [3.05, 3.63) is 12.2 Å². The van der Waals surface area contributed by atoms with Crippen molar-refractivity contribution in [2.24, 2.45) is 5.92 Å². The second kappa shape index (κ2) is 4.55. The second-order valence-electron chi connectivity index (χ2n) is 3.74. The lowest BCUT2D eigenvalue weighted by Crippen LogP contribution is -2.28. The molecule has 0 radical (unpaired) electrons. The van der Waals surface area contributed by atoms with Gasteiger partial charge in [0.2, 0.25) is 0 Å². The van der Waals surface area contributed by atoms with E-state index < -0.39 is 0 Å². The first-order valence-electron chi connectivity index (χ1n) is 4.66. The quantitative estimate of drug-likeness (QED) is 0.562. The Morgan fingerprint density at radius 1 is 1.36 bits per heavy atom. The Morgan fingerprint density at radius 2 is 2.18 bits per heavy atom. The van der Waals surface area contributed by atoms with Gasteiger partial charge in [-0.05, 0) is 25.3 Å². The molecule has 11 heavy (non-hydrogen) atoms. The highest BCUT2D eigenvalue weighted by atomic mass is 15.1. The lowest BCUT2D eigenvalue weighted by atomic mass is 10.1. The van der Waals surface area contributed by atoms with Gasteiger partial charge in [0.1, 0.15) is 0 Å².